The van der Waals surface area contributed by atoms with Crippen LogP contribution < -0.4 is 5.56 Å². The molecule has 0 aliphatic heterocycles. The second kappa shape index (κ2) is 4.21. The fourth-order valence-corrected chi connectivity index (χ4v) is 1.43. The first-order chi connectivity index (χ1) is 8.08. The topological polar surface area (TPSA) is 59.3 Å². The summed E-state index contributed by atoms with van der Waals surface area (Å²) < 4.78 is 13.9. The Kier molecular flexibility index (Phi) is 2.74. The molecule has 0 radical (unpaired) electrons. The third-order valence-electron chi connectivity index (χ3n) is 2.27. The van der Waals surface area contributed by atoms with Crippen LogP contribution in [0.15, 0.2) is 47.4 Å². The predicted octanol–water partition coefficient (Wildman–Crippen LogP) is 1.67. The molecule has 1 N–H and O–H groups in total. The van der Waals surface area contributed by atoms with Crippen LogP contribution in [0.5, 0.6) is 0 Å². The average Bonchev–Trinajstić information content (AvgIpc) is 2.30. The lowest BCUT2D eigenvalue weighted by atomic mass is 10.2. The van der Waals surface area contributed by atoms with Gasteiger partial charge in [0, 0.05) is 18.0 Å². The Morgan fingerprint density at radius 3 is 2.35 bits per heavy atom. The first-order valence-electron chi connectivity index (χ1n) is 4.80. The van der Waals surface area contributed by atoms with E-state index in [1.54, 1.807) is 0 Å². The van der Waals surface area contributed by atoms with Gasteiger partial charge >= 0.3 is 5.97 Å². The van der Waals surface area contributed by atoms with Crippen LogP contribution in [-0.4, -0.2) is 15.6 Å². The second-order valence-corrected chi connectivity index (χ2v) is 3.41. The van der Waals surface area contributed by atoms with E-state index < -0.39 is 17.3 Å². The summed E-state index contributed by atoms with van der Waals surface area (Å²) in [5, 5.41) is 8.71. The Balaban J connectivity index is 2.50. The standard InChI is InChI=1S/C12H8FNO3/c13-9-1-3-10(4-2-9)14-6-5-8(12(16)17)7-11(14)15/h1-7H,(H,16,17). The lowest BCUT2D eigenvalue weighted by Gasteiger charge is -2.05. The number of hydrogen-bond acceptors (Lipinski definition) is 2. The zero-order chi connectivity index (χ0) is 12.4. The van der Waals surface area contributed by atoms with Crippen LogP contribution in [0.25, 0.3) is 5.69 Å². The quantitative estimate of drug-likeness (QED) is 0.858. The molecule has 0 saturated heterocycles. The molecule has 4 nitrogen and oxygen atoms in total. The zero-order valence-corrected chi connectivity index (χ0v) is 8.63. The van der Waals surface area contributed by atoms with Gasteiger partial charge in [-0.1, -0.05) is 0 Å². The minimum atomic E-state index is -1.16. The van der Waals surface area contributed by atoms with E-state index in [2.05, 4.69) is 0 Å². The van der Waals surface area contributed by atoms with Crippen LogP contribution in [0.4, 0.5) is 4.39 Å². The molecule has 1 aromatic carbocycles. The van der Waals surface area contributed by atoms with Gasteiger partial charge in [-0.05, 0) is 30.3 Å². The van der Waals surface area contributed by atoms with Crippen molar-refractivity contribution in [3.05, 3.63) is 64.3 Å². The molecular formula is C12H8FNO3. The third kappa shape index (κ3) is 2.23. The number of carboxylic acids is 1. The number of nitrogens with zero attached hydrogens (tertiary/aromatic N) is 1. The normalized spacial score (nSPS) is 10.2. The summed E-state index contributed by atoms with van der Waals surface area (Å²) in [7, 11) is 0. The van der Waals surface area contributed by atoms with E-state index in [0.29, 0.717) is 5.69 Å². The number of aromatic nitrogens is 1. The molecular weight excluding hydrogens is 225 g/mol. The minimum absolute atomic E-state index is 0.0756. The van der Waals surface area contributed by atoms with Crippen LogP contribution in [0.3, 0.4) is 0 Å². The molecule has 0 amide bonds. The highest BCUT2D eigenvalue weighted by Crippen LogP contribution is 2.07. The molecule has 0 aliphatic rings. The summed E-state index contributed by atoms with van der Waals surface area (Å²) in [6, 6.07) is 7.67. The van der Waals surface area contributed by atoms with Crippen molar-refractivity contribution in [2.75, 3.05) is 0 Å². The van der Waals surface area contributed by atoms with Crippen molar-refractivity contribution < 1.29 is 14.3 Å². The van der Waals surface area contributed by atoms with Gasteiger partial charge in [-0.2, -0.15) is 0 Å². The number of rotatable bonds is 2. The van der Waals surface area contributed by atoms with Gasteiger partial charge in [0.1, 0.15) is 5.82 Å². The number of carbonyl (C=O) groups is 1. The Labute approximate surface area is 95.6 Å². The third-order valence-corrected chi connectivity index (χ3v) is 2.27. The smallest absolute Gasteiger partial charge is 0.335 e. The van der Waals surface area contributed by atoms with E-state index in [0.717, 1.165) is 6.07 Å². The predicted molar refractivity (Wildman–Crippen MR) is 59.0 cm³/mol. The molecule has 2 aromatic rings. The Hall–Kier alpha value is -2.43. The van der Waals surface area contributed by atoms with Gasteiger partial charge in [-0.15, -0.1) is 0 Å². The number of halogens is 1. The van der Waals surface area contributed by atoms with Gasteiger partial charge in [-0.25, -0.2) is 9.18 Å². The Morgan fingerprint density at radius 1 is 1.18 bits per heavy atom. The van der Waals surface area contributed by atoms with E-state index in [1.165, 1.54) is 41.1 Å². The maximum Gasteiger partial charge on any atom is 0.335 e. The molecule has 5 heteroatoms. The summed E-state index contributed by atoms with van der Waals surface area (Å²) >= 11 is 0. The molecule has 0 fully saturated rings. The Morgan fingerprint density at radius 2 is 1.82 bits per heavy atom. The summed E-state index contributed by atoms with van der Waals surface area (Å²) in [6.45, 7) is 0. The number of carboxylic acid groups (broad SMARTS) is 1. The van der Waals surface area contributed by atoms with Crippen molar-refractivity contribution in [2.24, 2.45) is 0 Å². The molecule has 86 valence electrons. The summed E-state index contributed by atoms with van der Waals surface area (Å²) in [5.41, 5.74) is -0.0711. The van der Waals surface area contributed by atoms with Crippen molar-refractivity contribution in [2.45, 2.75) is 0 Å². The molecule has 0 unspecified atom stereocenters. The van der Waals surface area contributed by atoms with E-state index in [-0.39, 0.29) is 5.56 Å². The maximum absolute atomic E-state index is 12.7. The van der Waals surface area contributed by atoms with Crippen molar-refractivity contribution in [3.8, 4) is 5.69 Å². The lowest BCUT2D eigenvalue weighted by molar-refractivity contribution is 0.0696. The minimum Gasteiger partial charge on any atom is -0.478 e. The summed E-state index contributed by atoms with van der Waals surface area (Å²) in [5.74, 6) is -1.56. The van der Waals surface area contributed by atoms with Gasteiger partial charge in [0.2, 0.25) is 0 Å². The fraction of sp³-hybridized carbons (Fsp3) is 0. The van der Waals surface area contributed by atoms with Crippen LogP contribution in [-0.2, 0) is 0 Å². The molecule has 0 saturated carbocycles. The first-order valence-corrected chi connectivity index (χ1v) is 4.80. The van der Waals surface area contributed by atoms with E-state index in [9.17, 15) is 14.0 Å². The van der Waals surface area contributed by atoms with Crippen molar-refractivity contribution in [3.63, 3.8) is 0 Å². The highest BCUT2D eigenvalue weighted by molar-refractivity contribution is 5.87. The molecule has 1 heterocycles. The molecule has 1 aromatic heterocycles. The summed E-state index contributed by atoms with van der Waals surface area (Å²) in [4.78, 5) is 22.3. The largest absolute Gasteiger partial charge is 0.478 e. The number of benzene rings is 1. The van der Waals surface area contributed by atoms with E-state index in [1.807, 2.05) is 0 Å². The number of aromatic carboxylic acids is 1. The van der Waals surface area contributed by atoms with Crippen LogP contribution in [0, 0.1) is 5.82 Å². The van der Waals surface area contributed by atoms with Gasteiger partial charge < -0.3 is 5.11 Å². The van der Waals surface area contributed by atoms with Crippen LogP contribution >= 0.6 is 0 Å². The molecule has 0 atom stereocenters. The van der Waals surface area contributed by atoms with E-state index >= 15 is 0 Å². The van der Waals surface area contributed by atoms with Crippen LogP contribution in [0.1, 0.15) is 10.4 Å². The lowest BCUT2D eigenvalue weighted by Crippen LogP contribution is -2.18. The highest BCUT2D eigenvalue weighted by Gasteiger charge is 2.06. The molecule has 0 aliphatic carbocycles. The number of hydrogen-bond donors (Lipinski definition) is 1. The van der Waals surface area contributed by atoms with Crippen molar-refractivity contribution >= 4 is 5.97 Å². The zero-order valence-electron chi connectivity index (χ0n) is 8.63. The highest BCUT2D eigenvalue weighted by atomic mass is 19.1. The molecule has 0 spiro atoms. The van der Waals surface area contributed by atoms with Crippen molar-refractivity contribution in [1.29, 1.82) is 0 Å². The molecule has 0 bridgehead atoms. The average molecular weight is 233 g/mol. The molecule has 17 heavy (non-hydrogen) atoms. The Bertz CT molecular complexity index is 616. The fourth-order valence-electron chi connectivity index (χ4n) is 1.43. The summed E-state index contributed by atoms with van der Waals surface area (Å²) in [6.07, 6.45) is 1.35. The van der Waals surface area contributed by atoms with Gasteiger partial charge in [0.25, 0.3) is 5.56 Å². The van der Waals surface area contributed by atoms with Gasteiger partial charge in [0.15, 0.2) is 0 Å². The van der Waals surface area contributed by atoms with Gasteiger partial charge in [-0.3, -0.25) is 9.36 Å². The SMILES string of the molecule is O=C(O)c1ccn(-c2ccc(F)cc2)c(=O)c1. The molecule has 2 rings (SSSR count). The van der Waals surface area contributed by atoms with Gasteiger partial charge in [0.05, 0.1) is 5.56 Å². The second-order valence-electron chi connectivity index (χ2n) is 3.41. The number of pyridine rings is 1. The van der Waals surface area contributed by atoms with Crippen LogP contribution in [0.2, 0.25) is 0 Å². The monoisotopic (exact) mass is 233 g/mol. The van der Waals surface area contributed by atoms with E-state index in [4.69, 9.17) is 5.11 Å². The maximum atomic E-state index is 12.7. The first kappa shape index (κ1) is 11.1. The van der Waals surface area contributed by atoms with Crippen molar-refractivity contribution in [1.82, 2.24) is 4.57 Å².